The summed E-state index contributed by atoms with van der Waals surface area (Å²) in [4.78, 5) is 32.3. The maximum atomic E-state index is 13.2. The summed E-state index contributed by atoms with van der Waals surface area (Å²) in [5.74, 6) is -1.28. The van der Waals surface area contributed by atoms with E-state index in [0.717, 1.165) is 17.3 Å². The lowest BCUT2D eigenvalue weighted by molar-refractivity contribution is -0.129. The van der Waals surface area contributed by atoms with Gasteiger partial charge in [0.2, 0.25) is 11.8 Å². The van der Waals surface area contributed by atoms with Gasteiger partial charge in [-0.1, -0.05) is 65.3 Å². The number of rotatable bonds is 8. The molecule has 1 aliphatic rings. The van der Waals surface area contributed by atoms with Crippen LogP contribution in [0.4, 0.5) is 20.2 Å². The minimum Gasteiger partial charge on any atom is -0.505 e. The second kappa shape index (κ2) is 12.4. The SMILES string of the molecule is O=C(Nc1ccc(OC(F)(F)Cl)cc1)[C@@H]1CC(=O)N(CCc2ccccc2)C(=Nc2cc(Cl)c(O)c(Cl)c2)S1. The van der Waals surface area contributed by atoms with Gasteiger partial charge in [0.1, 0.15) is 11.0 Å². The van der Waals surface area contributed by atoms with E-state index in [0.29, 0.717) is 18.7 Å². The second-order valence-corrected chi connectivity index (χ2v) is 10.7. The summed E-state index contributed by atoms with van der Waals surface area (Å²) in [6, 6.07) is 17.6. The molecule has 0 spiro atoms. The number of thioether (sulfide) groups is 1. The van der Waals surface area contributed by atoms with E-state index in [1.807, 2.05) is 30.3 Å². The topological polar surface area (TPSA) is 91.2 Å². The summed E-state index contributed by atoms with van der Waals surface area (Å²) >= 11 is 17.9. The molecule has 3 aromatic carbocycles. The molecule has 2 N–H and O–H groups in total. The molecule has 2 amide bonds. The highest BCUT2D eigenvalue weighted by atomic mass is 35.5. The average Bonchev–Trinajstić information content (AvgIpc) is 2.87. The van der Waals surface area contributed by atoms with Gasteiger partial charge < -0.3 is 15.2 Å². The number of hydrogen-bond donors (Lipinski definition) is 2. The molecular weight excluding hydrogens is 595 g/mol. The van der Waals surface area contributed by atoms with Crippen LogP contribution in [0.5, 0.6) is 11.5 Å². The molecular formula is C26H20Cl3F2N3O4S. The van der Waals surface area contributed by atoms with Gasteiger partial charge in [-0.05, 0) is 48.4 Å². The Kier molecular flexibility index (Phi) is 9.22. The Bertz CT molecular complexity index is 1370. The van der Waals surface area contributed by atoms with Gasteiger partial charge in [0.15, 0.2) is 10.9 Å². The number of carbonyl (C=O) groups excluding carboxylic acids is 2. The summed E-state index contributed by atoms with van der Waals surface area (Å²) in [7, 11) is 0. The van der Waals surface area contributed by atoms with Crippen LogP contribution in [-0.4, -0.2) is 44.4 Å². The van der Waals surface area contributed by atoms with Crippen molar-refractivity contribution in [1.82, 2.24) is 4.90 Å². The molecule has 0 radical (unpaired) electrons. The van der Waals surface area contributed by atoms with Crippen LogP contribution in [0.15, 0.2) is 71.7 Å². The number of benzene rings is 3. The molecule has 1 atom stereocenters. The smallest absolute Gasteiger partial charge is 0.487 e. The second-order valence-electron chi connectivity index (χ2n) is 8.31. The quantitative estimate of drug-likeness (QED) is 0.265. The molecule has 204 valence electrons. The molecule has 0 unspecified atom stereocenters. The minimum absolute atomic E-state index is 0.0153. The number of nitrogens with one attached hydrogen (secondary N) is 1. The van der Waals surface area contributed by atoms with E-state index >= 15 is 0 Å². The first-order valence-electron chi connectivity index (χ1n) is 11.4. The number of anilines is 1. The summed E-state index contributed by atoms with van der Waals surface area (Å²) in [5.41, 5.74) is -2.25. The van der Waals surface area contributed by atoms with Gasteiger partial charge in [-0.25, -0.2) is 4.99 Å². The van der Waals surface area contributed by atoms with Crippen molar-refractivity contribution in [1.29, 1.82) is 0 Å². The van der Waals surface area contributed by atoms with E-state index in [4.69, 9.17) is 34.8 Å². The van der Waals surface area contributed by atoms with Crippen molar-refractivity contribution in [3.63, 3.8) is 0 Å². The fourth-order valence-electron chi connectivity index (χ4n) is 3.64. The van der Waals surface area contributed by atoms with Crippen LogP contribution in [0.1, 0.15) is 12.0 Å². The molecule has 7 nitrogen and oxygen atoms in total. The van der Waals surface area contributed by atoms with Gasteiger partial charge in [-0.3, -0.25) is 14.5 Å². The number of amides is 2. The number of phenols is 1. The average molecular weight is 615 g/mol. The van der Waals surface area contributed by atoms with Crippen LogP contribution >= 0.6 is 46.6 Å². The van der Waals surface area contributed by atoms with Gasteiger partial charge in [0.25, 0.3) is 0 Å². The van der Waals surface area contributed by atoms with Crippen molar-refractivity contribution in [3.8, 4) is 11.5 Å². The zero-order chi connectivity index (χ0) is 28.2. The standard InChI is InChI=1S/C26H20Cl3F2N3O4S/c27-19-12-17(13-20(28)23(19)36)33-25-34(11-10-15-4-2-1-3-5-15)22(35)14-21(39-25)24(37)32-16-6-8-18(9-7-16)38-26(29,30)31/h1-9,12-13,21,36H,10-11,14H2,(H,32,37)/t21-/m0/s1. The highest BCUT2D eigenvalue weighted by Gasteiger charge is 2.36. The van der Waals surface area contributed by atoms with Crippen LogP contribution < -0.4 is 10.1 Å². The number of phenolic OH excluding ortho intramolecular Hbond substituents is 1. The third-order valence-electron chi connectivity index (χ3n) is 5.48. The molecule has 3 aromatic rings. The Morgan fingerprint density at radius 1 is 1.13 bits per heavy atom. The first kappa shape index (κ1) is 28.9. The van der Waals surface area contributed by atoms with E-state index in [2.05, 4.69) is 15.0 Å². The summed E-state index contributed by atoms with van der Waals surface area (Å²) in [6.45, 7) is 0.315. The molecule has 1 aliphatic heterocycles. The molecule has 0 aromatic heterocycles. The fraction of sp³-hybridized carbons (Fsp3) is 0.192. The number of nitrogens with zero attached hydrogens (tertiary/aromatic N) is 2. The number of halogens is 5. The molecule has 0 aliphatic carbocycles. The van der Waals surface area contributed by atoms with Crippen molar-refractivity contribution in [2.45, 2.75) is 23.7 Å². The minimum atomic E-state index is -3.86. The number of alkyl halides is 3. The maximum absolute atomic E-state index is 13.2. The van der Waals surface area contributed by atoms with Crippen molar-refractivity contribution < 1.29 is 28.2 Å². The molecule has 4 rings (SSSR count). The van der Waals surface area contributed by atoms with E-state index in [9.17, 15) is 23.5 Å². The predicted octanol–water partition coefficient (Wildman–Crippen LogP) is 7.07. The Balaban J connectivity index is 1.54. The van der Waals surface area contributed by atoms with Crippen molar-refractivity contribution in [3.05, 3.63) is 82.3 Å². The van der Waals surface area contributed by atoms with Crippen LogP contribution in [0.25, 0.3) is 0 Å². The molecule has 0 saturated carbocycles. The number of amidine groups is 1. The molecule has 39 heavy (non-hydrogen) atoms. The Labute approximate surface area is 241 Å². The first-order chi connectivity index (χ1) is 18.5. The third-order valence-corrected chi connectivity index (χ3v) is 7.32. The zero-order valence-electron chi connectivity index (χ0n) is 19.9. The summed E-state index contributed by atoms with van der Waals surface area (Å²) in [6.07, 6.45) is 0.455. The fourth-order valence-corrected chi connectivity index (χ4v) is 5.33. The lowest BCUT2D eigenvalue weighted by Gasteiger charge is -2.32. The van der Waals surface area contributed by atoms with Crippen molar-refractivity contribution >= 4 is 74.9 Å². The number of aromatic hydroxyl groups is 1. The van der Waals surface area contributed by atoms with Crippen LogP contribution in [0, 0.1) is 0 Å². The van der Waals surface area contributed by atoms with Crippen LogP contribution in [0.2, 0.25) is 10.0 Å². The van der Waals surface area contributed by atoms with Crippen molar-refractivity contribution in [2.24, 2.45) is 4.99 Å². The predicted molar refractivity (Wildman–Crippen MR) is 150 cm³/mol. The van der Waals surface area contributed by atoms with E-state index in [1.54, 1.807) is 0 Å². The van der Waals surface area contributed by atoms with E-state index < -0.39 is 16.7 Å². The van der Waals surface area contributed by atoms with Crippen LogP contribution in [-0.2, 0) is 16.0 Å². The van der Waals surface area contributed by atoms with Crippen molar-refractivity contribution in [2.75, 3.05) is 11.9 Å². The van der Waals surface area contributed by atoms with E-state index in [-0.39, 0.29) is 44.7 Å². The Morgan fingerprint density at radius 3 is 2.38 bits per heavy atom. The monoisotopic (exact) mass is 613 g/mol. The number of aliphatic imine (C=N–C) groups is 1. The number of carbonyl (C=O) groups is 2. The first-order valence-corrected chi connectivity index (χ1v) is 13.4. The molecule has 1 heterocycles. The summed E-state index contributed by atoms with van der Waals surface area (Å²) in [5, 5.41) is 11.9. The third kappa shape index (κ3) is 7.98. The normalized spacial score (nSPS) is 16.8. The lowest BCUT2D eigenvalue weighted by atomic mass is 10.1. The van der Waals surface area contributed by atoms with Gasteiger partial charge in [0.05, 0.1) is 15.7 Å². The maximum Gasteiger partial charge on any atom is 0.487 e. The Morgan fingerprint density at radius 2 is 1.77 bits per heavy atom. The molecule has 1 saturated heterocycles. The zero-order valence-corrected chi connectivity index (χ0v) is 23.0. The van der Waals surface area contributed by atoms with E-state index in [1.165, 1.54) is 41.3 Å². The van der Waals surface area contributed by atoms with Gasteiger partial charge >= 0.3 is 5.57 Å². The number of ether oxygens (including phenoxy) is 1. The molecule has 1 fully saturated rings. The van der Waals surface area contributed by atoms with Gasteiger partial charge in [-0.2, -0.15) is 0 Å². The van der Waals surface area contributed by atoms with Crippen LogP contribution in [0.3, 0.4) is 0 Å². The summed E-state index contributed by atoms with van der Waals surface area (Å²) < 4.78 is 29.9. The number of hydrogen-bond acceptors (Lipinski definition) is 6. The highest BCUT2D eigenvalue weighted by Crippen LogP contribution is 2.37. The Hall–Kier alpha value is -3.05. The van der Waals surface area contributed by atoms with Gasteiger partial charge in [0, 0.05) is 30.3 Å². The lowest BCUT2D eigenvalue weighted by Crippen LogP contribution is -2.46. The molecule has 13 heteroatoms. The molecule has 0 bridgehead atoms. The highest BCUT2D eigenvalue weighted by molar-refractivity contribution is 8.15. The largest absolute Gasteiger partial charge is 0.505 e. The van der Waals surface area contributed by atoms with Gasteiger partial charge in [-0.15, -0.1) is 8.78 Å².